The minimum absolute atomic E-state index is 0.0569. The van der Waals surface area contributed by atoms with Crippen LogP contribution in [0.1, 0.15) is 34.1 Å². The average molecular weight is 331 g/mol. The van der Waals surface area contributed by atoms with Crippen molar-refractivity contribution in [3.05, 3.63) is 29.3 Å². The first kappa shape index (κ1) is 15.7. The van der Waals surface area contributed by atoms with Gasteiger partial charge in [-0.15, -0.1) is 0 Å². The number of fused-ring (bicyclic) bond motifs is 1. The molecular weight excluding hydrogens is 318 g/mol. The van der Waals surface area contributed by atoms with Gasteiger partial charge in [0.15, 0.2) is 0 Å². The third-order valence-electron chi connectivity index (χ3n) is 3.70. The molecule has 0 aromatic heterocycles. The van der Waals surface area contributed by atoms with Crippen LogP contribution in [0.2, 0.25) is 0 Å². The van der Waals surface area contributed by atoms with Crippen molar-refractivity contribution in [1.82, 2.24) is 10.2 Å². The van der Waals surface area contributed by atoms with Crippen LogP contribution in [0.3, 0.4) is 0 Å². The maximum Gasteiger partial charge on any atom is 0.411 e. The first-order chi connectivity index (χ1) is 11.4. The molecule has 1 atom stereocenters. The Labute approximate surface area is 135 Å². The number of carbonyl (C=O) groups excluding carboxylic acids is 5. The first-order valence-electron chi connectivity index (χ1n) is 7.21. The van der Waals surface area contributed by atoms with Crippen LogP contribution in [-0.2, 0) is 14.3 Å². The second-order valence-corrected chi connectivity index (χ2v) is 5.22. The maximum absolute atomic E-state index is 12.5. The van der Waals surface area contributed by atoms with Crippen molar-refractivity contribution in [3.8, 4) is 0 Å². The summed E-state index contributed by atoms with van der Waals surface area (Å²) >= 11 is 0. The van der Waals surface area contributed by atoms with Gasteiger partial charge in [0.05, 0.1) is 24.2 Å². The molecule has 2 N–H and O–H groups in total. The summed E-state index contributed by atoms with van der Waals surface area (Å²) in [6.07, 6.45) is -0.940. The Morgan fingerprint density at radius 3 is 2.58 bits per heavy atom. The van der Waals surface area contributed by atoms with Crippen LogP contribution in [0.5, 0.6) is 0 Å². The Kier molecular flexibility index (Phi) is 3.76. The minimum Gasteiger partial charge on any atom is -0.450 e. The van der Waals surface area contributed by atoms with Crippen LogP contribution in [0.15, 0.2) is 18.2 Å². The largest absolute Gasteiger partial charge is 0.450 e. The van der Waals surface area contributed by atoms with Gasteiger partial charge < -0.3 is 4.74 Å². The van der Waals surface area contributed by atoms with Crippen molar-refractivity contribution in [2.75, 3.05) is 11.9 Å². The van der Waals surface area contributed by atoms with E-state index in [0.29, 0.717) is 0 Å². The van der Waals surface area contributed by atoms with Crippen molar-refractivity contribution in [1.29, 1.82) is 0 Å². The molecule has 3 rings (SSSR count). The highest BCUT2D eigenvalue weighted by molar-refractivity contribution is 6.24. The fourth-order valence-electron chi connectivity index (χ4n) is 2.65. The molecule has 24 heavy (non-hydrogen) atoms. The Morgan fingerprint density at radius 1 is 1.25 bits per heavy atom. The molecule has 0 bridgehead atoms. The van der Waals surface area contributed by atoms with Gasteiger partial charge in [-0.05, 0) is 25.1 Å². The number of imide groups is 2. The molecule has 1 aromatic carbocycles. The van der Waals surface area contributed by atoms with Gasteiger partial charge in [0.2, 0.25) is 11.8 Å². The summed E-state index contributed by atoms with van der Waals surface area (Å²) in [5, 5.41) is 4.50. The van der Waals surface area contributed by atoms with Crippen LogP contribution < -0.4 is 10.6 Å². The maximum atomic E-state index is 12.5. The smallest absolute Gasteiger partial charge is 0.411 e. The van der Waals surface area contributed by atoms with E-state index in [0.717, 1.165) is 4.90 Å². The third kappa shape index (κ3) is 2.49. The number of nitrogens with one attached hydrogen (secondary N) is 2. The summed E-state index contributed by atoms with van der Waals surface area (Å²) in [7, 11) is 0. The zero-order valence-corrected chi connectivity index (χ0v) is 12.6. The quantitative estimate of drug-likeness (QED) is 0.767. The highest BCUT2D eigenvalue weighted by Gasteiger charge is 2.46. The lowest BCUT2D eigenvalue weighted by atomic mass is 10.1. The molecule has 2 aliphatic heterocycles. The number of rotatable bonds is 3. The van der Waals surface area contributed by atoms with Gasteiger partial charge >= 0.3 is 6.09 Å². The Bertz CT molecular complexity index is 787. The van der Waals surface area contributed by atoms with E-state index in [1.807, 2.05) is 0 Å². The first-order valence-corrected chi connectivity index (χ1v) is 7.21. The lowest BCUT2D eigenvalue weighted by Gasteiger charge is -2.18. The van der Waals surface area contributed by atoms with Crippen LogP contribution in [-0.4, -0.2) is 47.3 Å². The van der Waals surface area contributed by atoms with Crippen molar-refractivity contribution in [2.45, 2.75) is 19.4 Å². The predicted octanol–water partition coefficient (Wildman–Crippen LogP) is 0.266. The van der Waals surface area contributed by atoms with Crippen LogP contribution in [0.25, 0.3) is 0 Å². The molecule has 0 aliphatic carbocycles. The Hall–Kier alpha value is -3.23. The molecule has 2 heterocycles. The number of hydrogen-bond donors (Lipinski definition) is 2. The van der Waals surface area contributed by atoms with Crippen molar-refractivity contribution in [2.24, 2.45) is 0 Å². The number of amides is 5. The van der Waals surface area contributed by atoms with Gasteiger partial charge in [0.25, 0.3) is 11.8 Å². The van der Waals surface area contributed by atoms with E-state index in [1.54, 1.807) is 6.92 Å². The van der Waals surface area contributed by atoms with Gasteiger partial charge in [-0.25, -0.2) is 4.79 Å². The van der Waals surface area contributed by atoms with E-state index in [1.165, 1.54) is 18.2 Å². The lowest BCUT2D eigenvalue weighted by Crippen LogP contribution is -2.44. The number of hydrogen-bond acceptors (Lipinski definition) is 6. The van der Waals surface area contributed by atoms with Gasteiger partial charge in [0, 0.05) is 5.69 Å². The topological polar surface area (TPSA) is 122 Å². The number of carbonyl (C=O) groups is 5. The van der Waals surface area contributed by atoms with Crippen LogP contribution in [0, 0.1) is 0 Å². The molecule has 1 fully saturated rings. The fourth-order valence-corrected chi connectivity index (χ4v) is 2.65. The number of anilines is 1. The second-order valence-electron chi connectivity index (χ2n) is 5.22. The molecule has 1 unspecified atom stereocenters. The summed E-state index contributed by atoms with van der Waals surface area (Å²) in [4.78, 5) is 60.1. The molecule has 9 nitrogen and oxygen atoms in total. The summed E-state index contributed by atoms with van der Waals surface area (Å²) in [5.41, 5.74) is 0.449. The fraction of sp³-hybridized carbons (Fsp3) is 0.267. The van der Waals surface area contributed by atoms with Crippen LogP contribution in [0.4, 0.5) is 10.5 Å². The lowest BCUT2D eigenvalue weighted by molar-refractivity contribution is -0.125. The van der Waals surface area contributed by atoms with E-state index < -0.39 is 35.8 Å². The van der Waals surface area contributed by atoms with Gasteiger partial charge in [-0.1, -0.05) is 0 Å². The van der Waals surface area contributed by atoms with E-state index >= 15 is 0 Å². The van der Waals surface area contributed by atoms with Gasteiger partial charge in [-0.2, -0.15) is 0 Å². The number of ether oxygens (including phenoxy) is 1. The molecule has 0 radical (unpaired) electrons. The van der Waals surface area contributed by atoms with E-state index in [2.05, 4.69) is 10.6 Å². The minimum atomic E-state index is -1.15. The Balaban J connectivity index is 1.87. The number of nitrogens with zero attached hydrogens (tertiary/aromatic N) is 1. The molecular formula is C15H13N3O6. The summed E-state index contributed by atoms with van der Waals surface area (Å²) in [6, 6.07) is 3.02. The highest BCUT2D eigenvalue weighted by atomic mass is 16.5. The molecule has 1 saturated heterocycles. The molecule has 2 aliphatic rings. The van der Waals surface area contributed by atoms with Crippen molar-refractivity contribution in [3.63, 3.8) is 0 Å². The predicted molar refractivity (Wildman–Crippen MR) is 79.1 cm³/mol. The third-order valence-corrected chi connectivity index (χ3v) is 3.70. The van der Waals surface area contributed by atoms with Gasteiger partial charge in [0.1, 0.15) is 6.04 Å². The van der Waals surface area contributed by atoms with E-state index in [-0.39, 0.29) is 29.8 Å². The molecule has 0 spiro atoms. The standard InChI is InChI=1S/C15H13N3O6/c1-2-24-15(23)16-7-3-4-8-9(5-7)14(22)18(13(8)21)10-6-11(19)17-12(10)20/h3-5,10H,2,6H2,1H3,(H,16,23)(H,17,19,20). The SMILES string of the molecule is CCOC(=O)Nc1ccc2c(c1)C(=O)N(C1CC(=O)NC1=O)C2=O. The summed E-state index contributed by atoms with van der Waals surface area (Å²) in [5.74, 6) is -2.55. The molecule has 124 valence electrons. The highest BCUT2D eigenvalue weighted by Crippen LogP contribution is 2.29. The molecule has 0 saturated carbocycles. The molecule has 9 heteroatoms. The molecule has 1 aromatic rings. The normalized spacial score (nSPS) is 19.4. The zero-order chi connectivity index (χ0) is 17.4. The second kappa shape index (κ2) is 5.76. The van der Waals surface area contributed by atoms with E-state index in [9.17, 15) is 24.0 Å². The number of benzene rings is 1. The Morgan fingerprint density at radius 2 is 1.96 bits per heavy atom. The summed E-state index contributed by atoms with van der Waals surface area (Å²) < 4.78 is 4.74. The molecule has 5 amide bonds. The van der Waals surface area contributed by atoms with Crippen LogP contribution >= 0.6 is 0 Å². The summed E-state index contributed by atoms with van der Waals surface area (Å²) in [6.45, 7) is 1.84. The van der Waals surface area contributed by atoms with Crippen molar-refractivity contribution < 1.29 is 28.7 Å². The van der Waals surface area contributed by atoms with Crippen molar-refractivity contribution >= 4 is 35.4 Å². The average Bonchev–Trinajstić information content (AvgIpc) is 2.96. The van der Waals surface area contributed by atoms with E-state index in [4.69, 9.17) is 4.74 Å². The van der Waals surface area contributed by atoms with Gasteiger partial charge in [-0.3, -0.25) is 34.7 Å². The monoisotopic (exact) mass is 331 g/mol. The zero-order valence-electron chi connectivity index (χ0n) is 12.6.